The van der Waals surface area contributed by atoms with Gasteiger partial charge in [-0.25, -0.2) is 0 Å². The first-order valence-corrected chi connectivity index (χ1v) is 11.1. The molecule has 0 spiro atoms. The molecule has 1 N–H and O–H groups in total. The number of amides is 2. The van der Waals surface area contributed by atoms with Crippen molar-refractivity contribution in [2.24, 2.45) is 5.16 Å². The van der Waals surface area contributed by atoms with E-state index in [0.717, 1.165) is 28.5 Å². The van der Waals surface area contributed by atoms with Crippen LogP contribution >= 0.6 is 11.8 Å². The number of oxime groups is 1. The quantitative estimate of drug-likeness (QED) is 0.293. The number of benzene rings is 3. The van der Waals surface area contributed by atoms with Gasteiger partial charge in [-0.05, 0) is 40.8 Å². The van der Waals surface area contributed by atoms with E-state index in [4.69, 9.17) is 9.57 Å². The lowest BCUT2D eigenvalue weighted by Gasteiger charge is -2.08. The summed E-state index contributed by atoms with van der Waals surface area (Å²) >= 11 is 1.03. The Hall–Kier alpha value is -3.58. The molecule has 0 aromatic heterocycles. The smallest absolute Gasteiger partial charge is 0.286 e. The average Bonchev–Trinajstić information content (AvgIpc) is 3.14. The Morgan fingerprint density at radius 2 is 1.59 bits per heavy atom. The van der Waals surface area contributed by atoms with Crippen LogP contribution in [0.4, 0.5) is 4.79 Å². The molecule has 2 amide bonds. The Labute approximate surface area is 190 Å². The fourth-order valence-corrected chi connectivity index (χ4v) is 4.06. The van der Waals surface area contributed by atoms with Gasteiger partial charge in [-0.1, -0.05) is 83.6 Å². The highest BCUT2D eigenvalue weighted by atomic mass is 32.2. The SMILES string of the molecule is O=C1NC(=O)C(Cc2ccc(OCCO/N=C/c3ccc(-c4ccccc4)cc3)cc2)S1. The van der Waals surface area contributed by atoms with Gasteiger partial charge in [0, 0.05) is 0 Å². The second-order valence-corrected chi connectivity index (χ2v) is 8.31. The normalized spacial score (nSPS) is 15.7. The molecule has 4 rings (SSSR count). The standard InChI is InChI=1S/C25H22N2O4S/c28-24-23(32-25(29)27-24)16-18-8-12-22(13-9-18)30-14-15-31-26-17-19-6-10-21(11-7-19)20-4-2-1-3-5-20/h1-13,17,23H,14-16H2,(H,27,28,29)/b26-17+. The van der Waals surface area contributed by atoms with E-state index in [0.29, 0.717) is 25.4 Å². The van der Waals surface area contributed by atoms with Gasteiger partial charge in [-0.2, -0.15) is 0 Å². The van der Waals surface area contributed by atoms with Crippen molar-refractivity contribution < 1.29 is 19.2 Å². The first-order chi connectivity index (χ1) is 15.7. The monoisotopic (exact) mass is 446 g/mol. The Morgan fingerprint density at radius 1 is 0.875 bits per heavy atom. The summed E-state index contributed by atoms with van der Waals surface area (Å²) in [5.41, 5.74) is 4.26. The van der Waals surface area contributed by atoms with Gasteiger partial charge in [0.05, 0.1) is 11.5 Å². The molecule has 1 atom stereocenters. The van der Waals surface area contributed by atoms with Crippen LogP contribution in [0.5, 0.6) is 5.75 Å². The molecule has 3 aromatic carbocycles. The first-order valence-electron chi connectivity index (χ1n) is 10.2. The molecule has 0 saturated carbocycles. The molecular weight excluding hydrogens is 424 g/mol. The Morgan fingerprint density at radius 3 is 2.28 bits per heavy atom. The van der Waals surface area contributed by atoms with E-state index >= 15 is 0 Å². The van der Waals surface area contributed by atoms with Crippen molar-refractivity contribution in [2.75, 3.05) is 13.2 Å². The zero-order chi connectivity index (χ0) is 22.2. The van der Waals surface area contributed by atoms with E-state index in [1.807, 2.05) is 54.6 Å². The van der Waals surface area contributed by atoms with Crippen molar-refractivity contribution >= 4 is 29.1 Å². The Bertz CT molecular complexity index is 1080. The Kier molecular flexibility index (Phi) is 7.19. The van der Waals surface area contributed by atoms with Crippen molar-refractivity contribution in [2.45, 2.75) is 11.7 Å². The minimum Gasteiger partial charge on any atom is -0.490 e. The van der Waals surface area contributed by atoms with E-state index < -0.39 is 0 Å². The number of thioether (sulfide) groups is 1. The van der Waals surface area contributed by atoms with Crippen LogP contribution in [0.25, 0.3) is 11.1 Å². The summed E-state index contributed by atoms with van der Waals surface area (Å²) in [4.78, 5) is 28.2. The highest BCUT2D eigenvalue weighted by molar-refractivity contribution is 8.15. The van der Waals surface area contributed by atoms with Crippen molar-refractivity contribution in [3.05, 3.63) is 90.0 Å². The molecule has 1 unspecified atom stereocenters. The predicted octanol–water partition coefficient (Wildman–Crippen LogP) is 4.68. The minimum atomic E-state index is -0.366. The van der Waals surface area contributed by atoms with Crippen LogP contribution in [-0.2, 0) is 16.1 Å². The van der Waals surface area contributed by atoms with Crippen molar-refractivity contribution in [3.8, 4) is 16.9 Å². The van der Waals surface area contributed by atoms with Gasteiger partial charge in [0.15, 0.2) is 6.61 Å². The van der Waals surface area contributed by atoms with Crippen LogP contribution in [0.1, 0.15) is 11.1 Å². The van der Waals surface area contributed by atoms with Crippen LogP contribution in [0.15, 0.2) is 84.0 Å². The summed E-state index contributed by atoms with van der Waals surface area (Å²) in [6.45, 7) is 0.681. The summed E-state index contributed by atoms with van der Waals surface area (Å²) in [7, 11) is 0. The third-order valence-electron chi connectivity index (χ3n) is 4.85. The number of nitrogens with one attached hydrogen (secondary N) is 1. The summed E-state index contributed by atoms with van der Waals surface area (Å²) in [5.74, 6) is 0.475. The predicted molar refractivity (Wildman–Crippen MR) is 126 cm³/mol. The molecule has 1 aliphatic heterocycles. The summed E-state index contributed by atoms with van der Waals surface area (Å²) in [6.07, 6.45) is 2.18. The molecule has 3 aromatic rings. The minimum absolute atomic E-state index is 0.231. The van der Waals surface area contributed by atoms with E-state index in [2.05, 4.69) is 34.7 Å². The van der Waals surface area contributed by atoms with Crippen LogP contribution < -0.4 is 10.1 Å². The van der Waals surface area contributed by atoms with Crippen LogP contribution in [0, 0.1) is 0 Å². The number of rotatable bonds is 9. The fourth-order valence-electron chi connectivity index (χ4n) is 3.20. The molecule has 1 saturated heterocycles. The van der Waals surface area contributed by atoms with E-state index in [1.54, 1.807) is 6.21 Å². The van der Waals surface area contributed by atoms with Crippen molar-refractivity contribution in [3.63, 3.8) is 0 Å². The molecular formula is C25H22N2O4S. The maximum absolute atomic E-state index is 11.6. The van der Waals surface area contributed by atoms with Gasteiger partial charge >= 0.3 is 0 Å². The molecule has 162 valence electrons. The summed E-state index contributed by atoms with van der Waals surface area (Å²) in [6, 6.07) is 25.8. The number of hydrogen-bond acceptors (Lipinski definition) is 6. The molecule has 32 heavy (non-hydrogen) atoms. The molecule has 7 heteroatoms. The lowest BCUT2D eigenvalue weighted by atomic mass is 10.0. The topological polar surface area (TPSA) is 77.0 Å². The van der Waals surface area contributed by atoms with Gasteiger partial charge in [-0.15, -0.1) is 0 Å². The van der Waals surface area contributed by atoms with Gasteiger partial charge < -0.3 is 9.57 Å². The van der Waals surface area contributed by atoms with Gasteiger partial charge in [0.25, 0.3) is 5.24 Å². The molecule has 0 radical (unpaired) electrons. The van der Waals surface area contributed by atoms with Gasteiger partial charge in [0.1, 0.15) is 12.4 Å². The van der Waals surface area contributed by atoms with E-state index in [9.17, 15) is 9.59 Å². The largest absolute Gasteiger partial charge is 0.490 e. The zero-order valence-corrected chi connectivity index (χ0v) is 18.1. The molecule has 1 fully saturated rings. The first kappa shape index (κ1) is 21.6. The third kappa shape index (κ3) is 5.98. The van der Waals surface area contributed by atoms with E-state index in [-0.39, 0.29) is 16.4 Å². The number of carbonyl (C=O) groups excluding carboxylic acids is 2. The van der Waals surface area contributed by atoms with E-state index in [1.165, 1.54) is 5.56 Å². The Balaban J connectivity index is 1.16. The lowest BCUT2D eigenvalue weighted by Crippen LogP contribution is -2.25. The highest BCUT2D eigenvalue weighted by Crippen LogP contribution is 2.24. The number of carbonyl (C=O) groups is 2. The number of nitrogens with zero attached hydrogens (tertiary/aromatic N) is 1. The number of hydrogen-bond donors (Lipinski definition) is 1. The van der Waals surface area contributed by atoms with Crippen molar-refractivity contribution in [1.29, 1.82) is 0 Å². The van der Waals surface area contributed by atoms with Crippen molar-refractivity contribution in [1.82, 2.24) is 5.32 Å². The molecule has 1 aliphatic rings. The maximum Gasteiger partial charge on any atom is 0.286 e. The second kappa shape index (κ2) is 10.6. The lowest BCUT2D eigenvalue weighted by molar-refractivity contribution is -0.118. The second-order valence-electron chi connectivity index (χ2n) is 7.14. The van der Waals surface area contributed by atoms with Gasteiger partial charge in [0.2, 0.25) is 5.91 Å². The van der Waals surface area contributed by atoms with Crippen LogP contribution in [-0.4, -0.2) is 35.8 Å². The summed E-state index contributed by atoms with van der Waals surface area (Å²) < 4.78 is 5.65. The van der Waals surface area contributed by atoms with Crippen LogP contribution in [0.2, 0.25) is 0 Å². The molecule has 0 aliphatic carbocycles. The molecule has 6 nitrogen and oxygen atoms in total. The molecule has 0 bridgehead atoms. The highest BCUT2D eigenvalue weighted by Gasteiger charge is 2.31. The zero-order valence-electron chi connectivity index (χ0n) is 17.3. The van der Waals surface area contributed by atoms with Gasteiger partial charge in [-0.3, -0.25) is 14.9 Å². The third-order valence-corrected chi connectivity index (χ3v) is 5.83. The number of ether oxygens (including phenoxy) is 1. The summed E-state index contributed by atoms with van der Waals surface area (Å²) in [5, 5.41) is 5.63. The average molecular weight is 447 g/mol. The van der Waals surface area contributed by atoms with Crippen LogP contribution in [0.3, 0.4) is 0 Å². The number of imide groups is 1. The fraction of sp³-hybridized carbons (Fsp3) is 0.160. The maximum atomic E-state index is 11.6. The molecule has 1 heterocycles.